The molecule has 0 unspecified atom stereocenters. The summed E-state index contributed by atoms with van der Waals surface area (Å²) in [6.07, 6.45) is 6.04. The van der Waals surface area contributed by atoms with Crippen molar-refractivity contribution in [2.24, 2.45) is 0 Å². The van der Waals surface area contributed by atoms with Crippen LogP contribution in [0.1, 0.15) is 23.6 Å². The molecular formula is C12H14. The second-order valence-corrected chi connectivity index (χ2v) is 2.83. The van der Waals surface area contributed by atoms with Gasteiger partial charge >= 0.3 is 0 Å². The summed E-state index contributed by atoms with van der Waals surface area (Å²) in [5.41, 5.74) is 3.87. The Morgan fingerprint density at radius 1 is 1.50 bits per heavy atom. The number of hydrogen-bond donors (Lipinski definition) is 0. The van der Waals surface area contributed by atoms with Crippen molar-refractivity contribution < 1.29 is 0 Å². The second kappa shape index (κ2) is 4.10. The molecule has 0 heterocycles. The molecule has 0 spiro atoms. The first-order chi connectivity index (χ1) is 5.79. The minimum atomic E-state index is 0.946. The second-order valence-electron chi connectivity index (χ2n) is 2.83. The highest BCUT2D eigenvalue weighted by molar-refractivity contribution is 5.38. The average molecular weight is 158 g/mol. The van der Waals surface area contributed by atoms with E-state index in [0.717, 1.165) is 6.42 Å². The van der Waals surface area contributed by atoms with E-state index in [1.165, 1.54) is 16.7 Å². The fraction of sp³-hybridized carbons (Fsp3) is 0.250. The van der Waals surface area contributed by atoms with E-state index < -0.39 is 0 Å². The van der Waals surface area contributed by atoms with Crippen LogP contribution in [0, 0.1) is 13.3 Å². The largest absolute Gasteiger partial charge is 0.103 e. The molecule has 0 amide bonds. The predicted molar refractivity (Wildman–Crippen MR) is 53.1 cm³/mol. The van der Waals surface area contributed by atoms with Crippen LogP contribution in [0.15, 0.2) is 30.9 Å². The van der Waals surface area contributed by atoms with E-state index in [0.29, 0.717) is 0 Å². The Labute approximate surface area is 74.9 Å². The number of allylic oxidation sites excluding steroid dienone is 1. The van der Waals surface area contributed by atoms with Gasteiger partial charge in [0.25, 0.3) is 0 Å². The minimum absolute atomic E-state index is 0.946. The molecule has 1 aromatic carbocycles. The molecule has 1 aromatic rings. The first-order valence-electron chi connectivity index (χ1n) is 4.16. The molecule has 0 saturated carbocycles. The lowest BCUT2D eigenvalue weighted by atomic mass is 9.99. The fourth-order valence-corrected chi connectivity index (χ4v) is 1.33. The number of rotatable bonds is 3. The standard InChI is InChI=1S/C12H14/c1-4-7-12-9-6-8-11(5-2)10(12)3/h4,6,8-9H,1,7H2,2-3H3. The molecule has 0 saturated heterocycles. The zero-order chi connectivity index (χ0) is 8.97. The molecule has 0 nitrogen and oxygen atoms in total. The van der Waals surface area contributed by atoms with Crippen LogP contribution in [0.4, 0.5) is 0 Å². The Morgan fingerprint density at radius 2 is 2.25 bits per heavy atom. The molecule has 0 fully saturated rings. The summed E-state index contributed by atoms with van der Waals surface area (Å²) < 4.78 is 0. The van der Waals surface area contributed by atoms with Gasteiger partial charge in [0, 0.05) is 6.42 Å². The third-order valence-electron chi connectivity index (χ3n) is 2.08. The highest BCUT2D eigenvalue weighted by atomic mass is 14.0. The Hall–Kier alpha value is -1.04. The van der Waals surface area contributed by atoms with Crippen LogP contribution in [-0.4, -0.2) is 0 Å². The Morgan fingerprint density at radius 3 is 2.83 bits per heavy atom. The lowest BCUT2D eigenvalue weighted by molar-refractivity contribution is 1.18. The Kier molecular flexibility index (Phi) is 3.09. The third-order valence-corrected chi connectivity index (χ3v) is 2.08. The molecule has 12 heavy (non-hydrogen) atoms. The first-order valence-corrected chi connectivity index (χ1v) is 4.16. The van der Waals surface area contributed by atoms with E-state index in [1.54, 1.807) is 0 Å². The summed E-state index contributed by atoms with van der Waals surface area (Å²) in [7, 11) is 0. The maximum Gasteiger partial charge on any atom is 0.0133 e. The molecule has 2 radical (unpaired) electrons. The fourth-order valence-electron chi connectivity index (χ4n) is 1.33. The topological polar surface area (TPSA) is 0 Å². The average Bonchev–Trinajstić information content (AvgIpc) is 2.09. The van der Waals surface area contributed by atoms with Crippen molar-refractivity contribution in [2.45, 2.75) is 20.3 Å². The van der Waals surface area contributed by atoms with Gasteiger partial charge < -0.3 is 0 Å². The van der Waals surface area contributed by atoms with E-state index in [-0.39, 0.29) is 0 Å². The molecule has 0 atom stereocenters. The van der Waals surface area contributed by atoms with Gasteiger partial charge in [-0.05, 0) is 30.0 Å². The number of hydrogen-bond acceptors (Lipinski definition) is 0. The summed E-state index contributed by atoms with van der Waals surface area (Å²) in [6.45, 7) is 7.81. The first kappa shape index (κ1) is 9.05. The van der Waals surface area contributed by atoms with Crippen LogP contribution in [0.25, 0.3) is 0 Å². The number of benzene rings is 1. The Bertz CT molecular complexity index is 271. The molecule has 0 aliphatic carbocycles. The molecule has 0 heteroatoms. The molecule has 0 aliphatic heterocycles. The third kappa shape index (κ3) is 1.76. The zero-order valence-corrected chi connectivity index (χ0v) is 7.72. The van der Waals surface area contributed by atoms with Gasteiger partial charge in [0.15, 0.2) is 0 Å². The van der Waals surface area contributed by atoms with Crippen molar-refractivity contribution in [3.05, 3.63) is 54.0 Å². The monoisotopic (exact) mass is 158 g/mol. The van der Waals surface area contributed by atoms with E-state index in [2.05, 4.69) is 38.1 Å². The van der Waals surface area contributed by atoms with E-state index in [1.807, 2.05) is 13.0 Å². The molecular weight excluding hydrogens is 144 g/mol. The summed E-state index contributed by atoms with van der Waals surface area (Å²) in [5.74, 6) is 0. The van der Waals surface area contributed by atoms with Crippen LogP contribution in [0.2, 0.25) is 0 Å². The van der Waals surface area contributed by atoms with E-state index in [4.69, 9.17) is 0 Å². The molecule has 0 aromatic heterocycles. The maximum absolute atomic E-state index is 3.73. The van der Waals surface area contributed by atoms with E-state index in [9.17, 15) is 0 Å². The van der Waals surface area contributed by atoms with Gasteiger partial charge in [-0.3, -0.25) is 0 Å². The van der Waals surface area contributed by atoms with Gasteiger partial charge in [-0.1, -0.05) is 31.2 Å². The zero-order valence-electron chi connectivity index (χ0n) is 7.72. The van der Waals surface area contributed by atoms with Gasteiger partial charge in [-0.2, -0.15) is 0 Å². The van der Waals surface area contributed by atoms with Gasteiger partial charge in [0.1, 0.15) is 0 Å². The predicted octanol–water partition coefficient (Wildman–Crippen LogP) is 3.17. The summed E-state index contributed by atoms with van der Waals surface area (Å²) in [5, 5.41) is 0. The maximum atomic E-state index is 3.73. The van der Waals surface area contributed by atoms with Crippen LogP contribution in [0.5, 0.6) is 0 Å². The van der Waals surface area contributed by atoms with Crippen molar-refractivity contribution in [1.29, 1.82) is 0 Å². The van der Waals surface area contributed by atoms with Crippen molar-refractivity contribution in [1.82, 2.24) is 0 Å². The Balaban J connectivity index is 3.04. The SMILES string of the molecule is C=CCc1cccc([C]C)c1C. The normalized spacial score (nSPS) is 9.83. The van der Waals surface area contributed by atoms with Gasteiger partial charge in [-0.25, -0.2) is 0 Å². The smallest absolute Gasteiger partial charge is 0.0133 e. The van der Waals surface area contributed by atoms with Crippen LogP contribution >= 0.6 is 0 Å². The van der Waals surface area contributed by atoms with Crippen molar-refractivity contribution in [3.63, 3.8) is 0 Å². The quantitative estimate of drug-likeness (QED) is 0.593. The highest BCUT2D eigenvalue weighted by Gasteiger charge is 1.99. The van der Waals surface area contributed by atoms with E-state index >= 15 is 0 Å². The van der Waals surface area contributed by atoms with Crippen molar-refractivity contribution in [2.75, 3.05) is 0 Å². The minimum Gasteiger partial charge on any atom is -0.103 e. The van der Waals surface area contributed by atoms with Crippen LogP contribution < -0.4 is 0 Å². The van der Waals surface area contributed by atoms with Gasteiger partial charge in [-0.15, -0.1) is 6.58 Å². The van der Waals surface area contributed by atoms with Gasteiger partial charge in [0.05, 0.1) is 0 Å². The summed E-state index contributed by atoms with van der Waals surface area (Å²) in [6, 6.07) is 6.29. The molecule has 0 N–H and O–H groups in total. The molecule has 0 bridgehead atoms. The lowest BCUT2D eigenvalue weighted by Gasteiger charge is -2.06. The lowest BCUT2D eigenvalue weighted by Crippen LogP contribution is -1.91. The van der Waals surface area contributed by atoms with Crippen LogP contribution in [-0.2, 0) is 6.42 Å². The van der Waals surface area contributed by atoms with Gasteiger partial charge in [0.2, 0.25) is 0 Å². The summed E-state index contributed by atoms with van der Waals surface area (Å²) in [4.78, 5) is 0. The van der Waals surface area contributed by atoms with Crippen molar-refractivity contribution in [3.8, 4) is 0 Å². The molecule has 62 valence electrons. The van der Waals surface area contributed by atoms with Crippen molar-refractivity contribution >= 4 is 0 Å². The molecule has 1 rings (SSSR count). The summed E-state index contributed by atoms with van der Waals surface area (Å²) >= 11 is 0. The van der Waals surface area contributed by atoms with Crippen LogP contribution in [0.3, 0.4) is 0 Å². The molecule has 0 aliphatic rings. The highest BCUT2D eigenvalue weighted by Crippen LogP contribution is 2.15.